The second-order valence-electron chi connectivity index (χ2n) is 6.64. The maximum absolute atomic E-state index is 12.4. The number of hydrogen-bond donors (Lipinski definition) is 0. The van der Waals surface area contributed by atoms with E-state index in [-0.39, 0.29) is 5.91 Å². The molecule has 6 nitrogen and oxygen atoms in total. The van der Waals surface area contributed by atoms with Crippen LogP contribution in [0.5, 0.6) is 0 Å². The number of likely N-dealkylation sites (tertiary alicyclic amines) is 1. The largest absolute Gasteiger partial charge is 0.335 e. The van der Waals surface area contributed by atoms with Gasteiger partial charge in [0.1, 0.15) is 5.82 Å². The van der Waals surface area contributed by atoms with Crippen molar-refractivity contribution >= 4 is 5.91 Å². The third-order valence-corrected chi connectivity index (χ3v) is 4.78. The van der Waals surface area contributed by atoms with Gasteiger partial charge < -0.3 is 14.0 Å². The topological polar surface area (TPSA) is 56.0 Å². The normalized spacial score (nSPS) is 14.6. The van der Waals surface area contributed by atoms with Crippen LogP contribution in [0.15, 0.2) is 48.9 Å². The molecule has 1 aliphatic heterocycles. The van der Waals surface area contributed by atoms with Gasteiger partial charge in [-0.2, -0.15) is 0 Å². The minimum Gasteiger partial charge on any atom is -0.335 e. The fraction of sp³-hybridized carbons (Fsp3) is 0.316. The molecule has 0 bridgehead atoms. The molecule has 1 aromatic carbocycles. The Balaban J connectivity index is 1.45. The van der Waals surface area contributed by atoms with Gasteiger partial charge >= 0.3 is 0 Å². The molecule has 3 aromatic rings. The van der Waals surface area contributed by atoms with E-state index >= 15 is 0 Å². The van der Waals surface area contributed by atoms with Crippen LogP contribution in [0.25, 0.3) is 11.4 Å². The average molecular weight is 335 g/mol. The molecule has 1 saturated heterocycles. The lowest BCUT2D eigenvalue weighted by molar-refractivity contribution is 0.0453. The third-order valence-electron chi connectivity index (χ3n) is 4.78. The first-order valence-corrected chi connectivity index (χ1v) is 8.47. The Morgan fingerprint density at radius 1 is 1.20 bits per heavy atom. The van der Waals surface area contributed by atoms with E-state index in [2.05, 4.69) is 33.6 Å². The fourth-order valence-corrected chi connectivity index (χ4v) is 3.33. The van der Waals surface area contributed by atoms with E-state index in [0.717, 1.165) is 36.7 Å². The van der Waals surface area contributed by atoms with Crippen molar-refractivity contribution in [1.29, 1.82) is 0 Å². The summed E-state index contributed by atoms with van der Waals surface area (Å²) in [4.78, 5) is 23.0. The molecule has 0 radical (unpaired) electrons. The summed E-state index contributed by atoms with van der Waals surface area (Å²) in [6.45, 7) is 4.48. The predicted octanol–water partition coefficient (Wildman–Crippen LogP) is 2.36. The summed E-state index contributed by atoms with van der Waals surface area (Å²) in [6.07, 6.45) is 5.37. The van der Waals surface area contributed by atoms with Gasteiger partial charge in [-0.1, -0.05) is 30.3 Å². The van der Waals surface area contributed by atoms with Gasteiger partial charge in [0, 0.05) is 62.4 Å². The van der Waals surface area contributed by atoms with Crippen LogP contribution in [0.3, 0.4) is 0 Å². The van der Waals surface area contributed by atoms with E-state index in [1.165, 1.54) is 0 Å². The molecule has 0 aliphatic carbocycles. The number of nitrogens with zero attached hydrogens (tertiary/aromatic N) is 5. The monoisotopic (exact) mass is 335 g/mol. The van der Waals surface area contributed by atoms with E-state index in [9.17, 15) is 4.79 Å². The zero-order valence-corrected chi connectivity index (χ0v) is 14.5. The summed E-state index contributed by atoms with van der Waals surface area (Å²) in [7, 11) is 1.85. The first-order chi connectivity index (χ1) is 12.1. The van der Waals surface area contributed by atoms with Crippen LogP contribution in [-0.2, 0) is 13.6 Å². The van der Waals surface area contributed by atoms with Gasteiger partial charge in [0.25, 0.3) is 5.91 Å². The predicted molar refractivity (Wildman–Crippen MR) is 95.0 cm³/mol. The highest BCUT2D eigenvalue weighted by atomic mass is 16.2. The number of carbonyl (C=O) groups excluding carboxylic acids is 1. The Morgan fingerprint density at radius 3 is 2.64 bits per heavy atom. The molecule has 0 N–H and O–H groups in total. The number of benzene rings is 1. The molecule has 1 fully saturated rings. The molecule has 2 aromatic heterocycles. The molecular weight excluding hydrogens is 314 g/mol. The smallest absolute Gasteiger partial charge is 0.289 e. The average Bonchev–Trinajstić information content (AvgIpc) is 3.17. The maximum Gasteiger partial charge on any atom is 0.289 e. The Kier molecular flexibility index (Phi) is 3.87. The van der Waals surface area contributed by atoms with Crippen molar-refractivity contribution in [1.82, 2.24) is 24.0 Å². The van der Waals surface area contributed by atoms with Crippen molar-refractivity contribution < 1.29 is 4.79 Å². The molecule has 3 heterocycles. The molecule has 0 unspecified atom stereocenters. The molecule has 0 spiro atoms. The fourth-order valence-electron chi connectivity index (χ4n) is 3.33. The quantitative estimate of drug-likeness (QED) is 0.735. The summed E-state index contributed by atoms with van der Waals surface area (Å²) in [6, 6.07) is 10.2. The van der Waals surface area contributed by atoms with Crippen molar-refractivity contribution in [2.45, 2.75) is 13.5 Å². The van der Waals surface area contributed by atoms with Gasteiger partial charge in [0.15, 0.2) is 5.82 Å². The van der Waals surface area contributed by atoms with Gasteiger partial charge in [-0.15, -0.1) is 0 Å². The highest BCUT2D eigenvalue weighted by Gasteiger charge is 2.33. The minimum absolute atomic E-state index is 0.00869. The van der Waals surface area contributed by atoms with Gasteiger partial charge in [-0.3, -0.25) is 4.79 Å². The highest BCUT2D eigenvalue weighted by Crippen LogP contribution is 2.25. The van der Waals surface area contributed by atoms with Crippen LogP contribution >= 0.6 is 0 Å². The number of carbonyl (C=O) groups is 1. The van der Waals surface area contributed by atoms with Gasteiger partial charge in [0.05, 0.1) is 0 Å². The first-order valence-electron chi connectivity index (χ1n) is 8.47. The second-order valence-corrected chi connectivity index (χ2v) is 6.64. The van der Waals surface area contributed by atoms with E-state index in [1.54, 1.807) is 17.0 Å². The number of imidazole rings is 2. The van der Waals surface area contributed by atoms with Crippen molar-refractivity contribution in [3.05, 3.63) is 60.4 Å². The summed E-state index contributed by atoms with van der Waals surface area (Å²) in [5.41, 5.74) is 2.27. The Hall–Kier alpha value is -2.89. The Bertz CT molecular complexity index is 890. The lowest BCUT2D eigenvalue weighted by Gasteiger charge is -2.39. The third kappa shape index (κ3) is 2.84. The number of aryl methyl sites for hydroxylation is 2. The molecule has 6 heteroatoms. The first kappa shape index (κ1) is 15.6. The molecule has 25 heavy (non-hydrogen) atoms. The van der Waals surface area contributed by atoms with Crippen LogP contribution in [-0.4, -0.2) is 43.0 Å². The van der Waals surface area contributed by atoms with E-state index in [1.807, 2.05) is 36.3 Å². The minimum atomic E-state index is 0.00869. The Morgan fingerprint density at radius 2 is 1.96 bits per heavy atom. The van der Waals surface area contributed by atoms with Crippen LogP contribution in [0.1, 0.15) is 16.3 Å². The molecule has 4 rings (SSSR count). The van der Waals surface area contributed by atoms with Crippen molar-refractivity contribution in [3.63, 3.8) is 0 Å². The van der Waals surface area contributed by atoms with Crippen LogP contribution < -0.4 is 0 Å². The number of aromatic nitrogens is 4. The van der Waals surface area contributed by atoms with E-state index in [4.69, 9.17) is 0 Å². The molecule has 1 amide bonds. The van der Waals surface area contributed by atoms with Gasteiger partial charge in [-0.25, -0.2) is 9.97 Å². The van der Waals surface area contributed by atoms with Crippen molar-refractivity contribution in [2.75, 3.05) is 13.1 Å². The number of rotatable bonds is 4. The molecule has 0 atom stereocenters. The lowest BCUT2D eigenvalue weighted by Crippen LogP contribution is -2.52. The standard InChI is InChI=1S/C19H21N5O/c1-14-10-21-17(16-6-4-3-5-7-16)24(14)13-15-11-23(12-15)19(25)18-20-8-9-22(18)2/h3-10,15H,11-13H2,1-2H3. The molecule has 1 aliphatic rings. The van der Waals surface area contributed by atoms with Gasteiger partial charge in [0.2, 0.25) is 0 Å². The number of amides is 1. The van der Waals surface area contributed by atoms with Crippen LogP contribution in [0, 0.1) is 12.8 Å². The van der Waals surface area contributed by atoms with Crippen LogP contribution in [0.2, 0.25) is 0 Å². The molecular formula is C19H21N5O. The van der Waals surface area contributed by atoms with Crippen molar-refractivity contribution in [3.8, 4) is 11.4 Å². The van der Waals surface area contributed by atoms with E-state index < -0.39 is 0 Å². The van der Waals surface area contributed by atoms with E-state index in [0.29, 0.717) is 11.7 Å². The summed E-state index contributed by atoms with van der Waals surface area (Å²) in [5, 5.41) is 0. The summed E-state index contributed by atoms with van der Waals surface area (Å²) in [5.74, 6) is 1.95. The summed E-state index contributed by atoms with van der Waals surface area (Å²) >= 11 is 0. The SMILES string of the molecule is Cc1cnc(-c2ccccc2)n1CC1CN(C(=O)c2nccn2C)C1. The zero-order chi connectivity index (χ0) is 17.4. The maximum atomic E-state index is 12.4. The lowest BCUT2D eigenvalue weighted by atomic mass is 9.99. The van der Waals surface area contributed by atoms with Crippen molar-refractivity contribution in [2.24, 2.45) is 13.0 Å². The Labute approximate surface area is 146 Å². The molecule has 0 saturated carbocycles. The highest BCUT2D eigenvalue weighted by molar-refractivity contribution is 5.91. The zero-order valence-electron chi connectivity index (χ0n) is 14.5. The molecule has 128 valence electrons. The second kappa shape index (κ2) is 6.20. The number of hydrogen-bond acceptors (Lipinski definition) is 3. The van der Waals surface area contributed by atoms with Crippen LogP contribution in [0.4, 0.5) is 0 Å². The summed E-state index contributed by atoms with van der Waals surface area (Å²) < 4.78 is 4.02. The van der Waals surface area contributed by atoms with Gasteiger partial charge in [-0.05, 0) is 6.92 Å².